The Morgan fingerprint density at radius 3 is 2.59 bits per heavy atom. The Hall–Kier alpha value is -3.89. The van der Waals surface area contributed by atoms with Crippen molar-refractivity contribution in [2.75, 3.05) is 0 Å². The fraction of sp³-hybridized carbons (Fsp3) is 0.103. The van der Waals surface area contributed by atoms with Crippen molar-refractivity contribution in [1.82, 2.24) is 4.98 Å². The molecule has 4 nitrogen and oxygen atoms in total. The quantitative estimate of drug-likeness (QED) is 0.324. The molecular weight excluding hydrogens is 446 g/mol. The average molecular weight is 468 g/mol. The first-order valence-corrected chi connectivity index (χ1v) is 11.4. The van der Waals surface area contributed by atoms with Gasteiger partial charge in [0.05, 0.1) is 17.6 Å². The SMILES string of the molecule is CC1=C(CC(=O)O)c2cc(OCc3ccc4ccccc4n3)ccc2C1=Cc1ccc(Cl)cc1. The van der Waals surface area contributed by atoms with Crippen molar-refractivity contribution in [1.29, 1.82) is 0 Å². The number of carboxylic acids is 1. The van der Waals surface area contributed by atoms with Crippen LogP contribution in [0, 0.1) is 0 Å². The molecule has 0 aliphatic heterocycles. The normalized spacial score (nSPS) is 14.0. The van der Waals surface area contributed by atoms with Crippen LogP contribution in [0.5, 0.6) is 5.75 Å². The molecule has 4 aromatic rings. The highest BCUT2D eigenvalue weighted by atomic mass is 35.5. The molecule has 0 saturated carbocycles. The summed E-state index contributed by atoms with van der Waals surface area (Å²) in [6.45, 7) is 2.30. The predicted molar refractivity (Wildman–Crippen MR) is 137 cm³/mol. The van der Waals surface area contributed by atoms with Crippen molar-refractivity contribution < 1.29 is 14.6 Å². The average Bonchev–Trinajstić information content (AvgIpc) is 3.09. The van der Waals surface area contributed by atoms with Gasteiger partial charge in [0, 0.05) is 10.4 Å². The van der Waals surface area contributed by atoms with Crippen LogP contribution in [-0.4, -0.2) is 16.1 Å². The number of allylic oxidation sites excluding steroid dienone is 2. The Bertz CT molecular complexity index is 1470. The first-order valence-electron chi connectivity index (χ1n) is 11.0. The fourth-order valence-corrected chi connectivity index (χ4v) is 4.43. The zero-order chi connectivity index (χ0) is 23.7. The van der Waals surface area contributed by atoms with Crippen LogP contribution >= 0.6 is 11.6 Å². The molecule has 0 bridgehead atoms. The number of benzene rings is 3. The van der Waals surface area contributed by atoms with Crippen LogP contribution in [0.4, 0.5) is 0 Å². The van der Waals surface area contributed by atoms with Crippen LogP contribution in [0.2, 0.25) is 5.02 Å². The summed E-state index contributed by atoms with van der Waals surface area (Å²) in [5, 5.41) is 11.3. The number of hydrogen-bond donors (Lipinski definition) is 1. The molecule has 0 unspecified atom stereocenters. The Balaban J connectivity index is 1.46. The van der Waals surface area contributed by atoms with Gasteiger partial charge in [-0.1, -0.05) is 54.1 Å². The summed E-state index contributed by atoms with van der Waals surface area (Å²) in [4.78, 5) is 16.3. The lowest BCUT2D eigenvalue weighted by Crippen LogP contribution is -2.00. The Labute approximate surface area is 202 Å². The number of halogens is 1. The van der Waals surface area contributed by atoms with E-state index in [4.69, 9.17) is 16.3 Å². The van der Waals surface area contributed by atoms with E-state index >= 15 is 0 Å². The number of ether oxygens (including phenoxy) is 1. The van der Waals surface area contributed by atoms with Crippen molar-refractivity contribution in [2.45, 2.75) is 20.0 Å². The first kappa shape index (κ1) is 21.9. The Morgan fingerprint density at radius 2 is 1.79 bits per heavy atom. The molecule has 0 spiro atoms. The van der Waals surface area contributed by atoms with Crippen molar-refractivity contribution in [3.8, 4) is 5.75 Å². The molecule has 1 aliphatic rings. The van der Waals surface area contributed by atoms with E-state index in [1.165, 1.54) is 0 Å². The number of aliphatic carboxylic acids is 1. The van der Waals surface area contributed by atoms with E-state index < -0.39 is 5.97 Å². The highest BCUT2D eigenvalue weighted by molar-refractivity contribution is 6.30. The van der Waals surface area contributed by atoms with Crippen LogP contribution in [0.1, 0.15) is 35.7 Å². The molecule has 0 saturated heterocycles. The summed E-state index contributed by atoms with van der Waals surface area (Å²) < 4.78 is 6.05. The molecule has 0 atom stereocenters. The van der Waals surface area contributed by atoms with E-state index in [9.17, 15) is 9.90 Å². The number of carboxylic acid groups (broad SMARTS) is 1. The van der Waals surface area contributed by atoms with E-state index in [2.05, 4.69) is 11.1 Å². The van der Waals surface area contributed by atoms with E-state index in [1.807, 2.05) is 85.8 Å². The molecule has 5 heteroatoms. The third-order valence-corrected chi connectivity index (χ3v) is 6.27. The minimum Gasteiger partial charge on any atom is -0.487 e. The molecule has 0 amide bonds. The summed E-state index contributed by atoms with van der Waals surface area (Å²) in [6, 6.07) is 25.4. The van der Waals surface area contributed by atoms with E-state index in [1.54, 1.807) is 0 Å². The Morgan fingerprint density at radius 1 is 1.00 bits per heavy atom. The van der Waals surface area contributed by atoms with Gasteiger partial charge >= 0.3 is 5.97 Å². The molecule has 34 heavy (non-hydrogen) atoms. The standard InChI is InChI=1S/C29H22ClNO3/c1-18-25(14-19-6-9-21(30)10-7-19)24-13-12-23(15-27(24)26(18)16-29(32)33)34-17-22-11-8-20-4-2-3-5-28(20)31-22/h2-15H,16-17H2,1H3,(H,32,33). The molecule has 1 aromatic heterocycles. The first-order chi connectivity index (χ1) is 16.5. The van der Waals surface area contributed by atoms with Gasteiger partial charge in [0.2, 0.25) is 0 Å². The lowest BCUT2D eigenvalue weighted by Gasteiger charge is -2.10. The second-order valence-electron chi connectivity index (χ2n) is 8.27. The smallest absolute Gasteiger partial charge is 0.307 e. The van der Waals surface area contributed by atoms with Gasteiger partial charge in [-0.3, -0.25) is 4.79 Å². The van der Waals surface area contributed by atoms with Crippen LogP contribution in [0.15, 0.2) is 84.4 Å². The van der Waals surface area contributed by atoms with Gasteiger partial charge in [-0.05, 0) is 82.8 Å². The maximum atomic E-state index is 11.6. The number of carbonyl (C=O) groups is 1. The second-order valence-corrected chi connectivity index (χ2v) is 8.71. The van der Waals surface area contributed by atoms with Crippen molar-refractivity contribution in [3.63, 3.8) is 0 Å². The molecule has 0 radical (unpaired) electrons. The number of fused-ring (bicyclic) bond motifs is 2. The van der Waals surface area contributed by atoms with Crippen LogP contribution in [0.3, 0.4) is 0 Å². The molecule has 3 aromatic carbocycles. The largest absolute Gasteiger partial charge is 0.487 e. The van der Waals surface area contributed by atoms with Gasteiger partial charge < -0.3 is 9.84 Å². The van der Waals surface area contributed by atoms with Crippen molar-refractivity contribution in [2.24, 2.45) is 0 Å². The molecule has 168 valence electrons. The fourth-order valence-electron chi connectivity index (χ4n) is 4.30. The molecule has 0 fully saturated rings. The molecule has 1 aliphatic carbocycles. The van der Waals surface area contributed by atoms with E-state index in [0.29, 0.717) is 17.4 Å². The zero-order valence-corrected chi connectivity index (χ0v) is 19.3. The van der Waals surface area contributed by atoms with Crippen LogP contribution in [0.25, 0.3) is 28.1 Å². The zero-order valence-electron chi connectivity index (χ0n) is 18.6. The van der Waals surface area contributed by atoms with E-state index in [-0.39, 0.29) is 6.42 Å². The van der Waals surface area contributed by atoms with Crippen LogP contribution in [-0.2, 0) is 11.4 Å². The van der Waals surface area contributed by atoms with Crippen molar-refractivity contribution in [3.05, 3.63) is 112 Å². The van der Waals surface area contributed by atoms with Crippen LogP contribution < -0.4 is 4.74 Å². The van der Waals surface area contributed by atoms with Gasteiger partial charge in [0.1, 0.15) is 12.4 Å². The predicted octanol–water partition coefficient (Wildman–Crippen LogP) is 7.27. The monoisotopic (exact) mass is 467 g/mol. The number of para-hydroxylation sites is 1. The molecule has 5 rings (SSSR count). The van der Waals surface area contributed by atoms with Gasteiger partial charge in [0.25, 0.3) is 0 Å². The highest BCUT2D eigenvalue weighted by Crippen LogP contribution is 2.45. The third kappa shape index (κ3) is 4.45. The lowest BCUT2D eigenvalue weighted by molar-refractivity contribution is -0.135. The molecule has 1 heterocycles. The number of aromatic nitrogens is 1. The van der Waals surface area contributed by atoms with E-state index in [0.717, 1.165) is 50.0 Å². The highest BCUT2D eigenvalue weighted by Gasteiger charge is 2.25. The van der Waals surface area contributed by atoms with Gasteiger partial charge in [-0.15, -0.1) is 0 Å². The molecular formula is C29H22ClNO3. The maximum Gasteiger partial charge on any atom is 0.307 e. The van der Waals surface area contributed by atoms with Crippen molar-refractivity contribution >= 4 is 45.7 Å². The lowest BCUT2D eigenvalue weighted by atomic mass is 10.0. The summed E-state index contributed by atoms with van der Waals surface area (Å²) in [6.07, 6.45) is 2.02. The maximum absolute atomic E-state index is 11.6. The summed E-state index contributed by atoms with van der Waals surface area (Å²) >= 11 is 6.02. The second kappa shape index (κ2) is 9.16. The topological polar surface area (TPSA) is 59.4 Å². The number of nitrogens with zero attached hydrogens (tertiary/aromatic N) is 1. The molecule has 1 N–H and O–H groups in total. The van der Waals surface area contributed by atoms with Gasteiger partial charge in [-0.2, -0.15) is 0 Å². The summed E-state index contributed by atoms with van der Waals surface area (Å²) in [5.41, 5.74) is 7.43. The number of hydrogen-bond acceptors (Lipinski definition) is 3. The minimum atomic E-state index is -0.861. The van der Waals surface area contributed by atoms with Gasteiger partial charge in [-0.25, -0.2) is 4.98 Å². The summed E-state index contributed by atoms with van der Waals surface area (Å²) in [7, 11) is 0. The number of pyridine rings is 1. The minimum absolute atomic E-state index is 0.0491. The Kier molecular flexibility index (Phi) is 5.91. The summed E-state index contributed by atoms with van der Waals surface area (Å²) in [5.74, 6) is -0.183. The van der Waals surface area contributed by atoms with Gasteiger partial charge in [0.15, 0.2) is 0 Å². The third-order valence-electron chi connectivity index (χ3n) is 6.01. The number of rotatable bonds is 6.